The number of carbonyl (C=O) groups excluding carboxylic acids is 1. The molecule has 1 heterocycles. The van der Waals surface area contributed by atoms with Crippen LogP contribution in [0.1, 0.15) is 19.3 Å². The third-order valence-corrected chi connectivity index (χ3v) is 7.08. The Labute approximate surface area is 148 Å². The van der Waals surface area contributed by atoms with Crippen LogP contribution in [0.25, 0.3) is 10.8 Å². The second kappa shape index (κ2) is 6.42. The van der Waals surface area contributed by atoms with Gasteiger partial charge in [0, 0.05) is 38.0 Å². The Balaban J connectivity index is 1.52. The van der Waals surface area contributed by atoms with Gasteiger partial charge in [0.1, 0.15) is 0 Å². The van der Waals surface area contributed by atoms with Crippen molar-refractivity contribution >= 4 is 26.7 Å². The van der Waals surface area contributed by atoms with Crippen molar-refractivity contribution in [3.05, 3.63) is 42.5 Å². The standard InChI is InChI=1S/C19H22N2O3S/c22-19(14-15-8-9-15)20-10-12-21(13-11-20)25(23,24)18-7-3-5-16-4-1-2-6-17(16)18/h1-7,15H,8-14H2. The van der Waals surface area contributed by atoms with Gasteiger partial charge in [0.15, 0.2) is 0 Å². The number of nitrogens with zero attached hydrogens (tertiary/aromatic N) is 2. The summed E-state index contributed by atoms with van der Waals surface area (Å²) in [7, 11) is -3.55. The molecule has 5 nitrogen and oxygen atoms in total. The normalized spacial score (nSPS) is 19.3. The molecule has 1 amide bonds. The molecule has 0 atom stereocenters. The fraction of sp³-hybridized carbons (Fsp3) is 0.421. The van der Waals surface area contributed by atoms with Gasteiger partial charge in [-0.3, -0.25) is 4.79 Å². The summed E-state index contributed by atoms with van der Waals surface area (Å²) in [6.45, 7) is 1.69. The Kier molecular flexibility index (Phi) is 4.25. The van der Waals surface area contributed by atoms with E-state index in [9.17, 15) is 13.2 Å². The quantitative estimate of drug-likeness (QED) is 0.844. The van der Waals surface area contributed by atoms with E-state index >= 15 is 0 Å². The monoisotopic (exact) mass is 358 g/mol. The number of sulfonamides is 1. The van der Waals surface area contributed by atoms with Crippen LogP contribution in [0.3, 0.4) is 0 Å². The lowest BCUT2D eigenvalue weighted by Crippen LogP contribution is -2.50. The van der Waals surface area contributed by atoms with E-state index in [0.29, 0.717) is 43.4 Å². The Morgan fingerprint density at radius 1 is 0.960 bits per heavy atom. The van der Waals surface area contributed by atoms with Crippen molar-refractivity contribution < 1.29 is 13.2 Å². The molecule has 4 rings (SSSR count). The fourth-order valence-corrected chi connectivity index (χ4v) is 5.07. The summed E-state index contributed by atoms with van der Waals surface area (Å²) in [5.41, 5.74) is 0. The summed E-state index contributed by atoms with van der Waals surface area (Å²) < 4.78 is 27.7. The topological polar surface area (TPSA) is 57.7 Å². The highest BCUT2D eigenvalue weighted by Crippen LogP contribution is 2.33. The van der Waals surface area contributed by atoms with Gasteiger partial charge in [0.2, 0.25) is 15.9 Å². The molecule has 0 radical (unpaired) electrons. The number of carbonyl (C=O) groups is 1. The van der Waals surface area contributed by atoms with Gasteiger partial charge in [-0.2, -0.15) is 4.31 Å². The van der Waals surface area contributed by atoms with E-state index in [1.807, 2.05) is 35.2 Å². The lowest BCUT2D eigenvalue weighted by Gasteiger charge is -2.34. The molecule has 1 aliphatic heterocycles. The largest absolute Gasteiger partial charge is 0.340 e. The number of amides is 1. The molecule has 2 aromatic rings. The van der Waals surface area contributed by atoms with Crippen LogP contribution in [-0.2, 0) is 14.8 Å². The molecule has 2 aromatic carbocycles. The fourth-order valence-electron chi connectivity index (χ4n) is 3.44. The molecule has 6 heteroatoms. The van der Waals surface area contributed by atoms with Gasteiger partial charge in [-0.05, 0) is 30.2 Å². The number of benzene rings is 2. The highest BCUT2D eigenvalue weighted by Gasteiger charge is 2.33. The maximum absolute atomic E-state index is 13.1. The minimum atomic E-state index is -3.55. The zero-order valence-electron chi connectivity index (χ0n) is 14.1. The van der Waals surface area contributed by atoms with Crippen molar-refractivity contribution in [2.75, 3.05) is 26.2 Å². The number of rotatable bonds is 4. The van der Waals surface area contributed by atoms with Crippen LogP contribution in [0.5, 0.6) is 0 Å². The van der Waals surface area contributed by atoms with E-state index in [2.05, 4.69) is 0 Å². The van der Waals surface area contributed by atoms with Crippen molar-refractivity contribution in [3.63, 3.8) is 0 Å². The molecular weight excluding hydrogens is 336 g/mol. The minimum absolute atomic E-state index is 0.171. The number of piperazine rings is 1. The number of hydrogen-bond donors (Lipinski definition) is 0. The van der Waals surface area contributed by atoms with Gasteiger partial charge >= 0.3 is 0 Å². The number of fused-ring (bicyclic) bond motifs is 1. The first kappa shape index (κ1) is 16.5. The van der Waals surface area contributed by atoms with Gasteiger partial charge in [-0.15, -0.1) is 0 Å². The summed E-state index contributed by atoms with van der Waals surface area (Å²) in [4.78, 5) is 14.4. The second-order valence-electron chi connectivity index (χ2n) is 6.91. The van der Waals surface area contributed by atoms with E-state index in [1.54, 1.807) is 12.1 Å². The van der Waals surface area contributed by atoms with Crippen LogP contribution in [0.15, 0.2) is 47.4 Å². The molecule has 2 aliphatic rings. The Morgan fingerprint density at radius 3 is 2.36 bits per heavy atom. The molecule has 0 spiro atoms. The molecule has 2 fully saturated rings. The average molecular weight is 358 g/mol. The predicted octanol–water partition coefficient (Wildman–Crippen LogP) is 2.47. The lowest BCUT2D eigenvalue weighted by molar-refractivity contribution is -0.132. The molecule has 1 aliphatic carbocycles. The average Bonchev–Trinajstić information content (AvgIpc) is 3.45. The molecule has 0 bridgehead atoms. The van der Waals surface area contributed by atoms with Crippen molar-refractivity contribution in [2.24, 2.45) is 5.92 Å². The molecule has 0 aromatic heterocycles. The van der Waals surface area contributed by atoms with Crippen LogP contribution in [-0.4, -0.2) is 49.7 Å². The highest BCUT2D eigenvalue weighted by molar-refractivity contribution is 7.89. The summed E-state index contributed by atoms with van der Waals surface area (Å²) in [6.07, 6.45) is 2.93. The summed E-state index contributed by atoms with van der Waals surface area (Å²) in [5.74, 6) is 0.731. The van der Waals surface area contributed by atoms with E-state index in [0.717, 1.165) is 23.6 Å². The summed E-state index contributed by atoms with van der Waals surface area (Å²) in [6, 6.07) is 12.9. The van der Waals surface area contributed by atoms with Crippen LogP contribution in [0.4, 0.5) is 0 Å². The van der Waals surface area contributed by atoms with Crippen molar-refractivity contribution in [1.82, 2.24) is 9.21 Å². The minimum Gasteiger partial charge on any atom is -0.340 e. The Bertz CT molecular complexity index is 893. The maximum Gasteiger partial charge on any atom is 0.243 e. The smallest absolute Gasteiger partial charge is 0.243 e. The Hall–Kier alpha value is -1.92. The van der Waals surface area contributed by atoms with Crippen LogP contribution in [0, 0.1) is 5.92 Å². The third kappa shape index (κ3) is 3.28. The highest BCUT2D eigenvalue weighted by atomic mass is 32.2. The molecule has 25 heavy (non-hydrogen) atoms. The lowest BCUT2D eigenvalue weighted by atomic mass is 10.1. The Morgan fingerprint density at radius 2 is 1.64 bits per heavy atom. The molecule has 1 saturated carbocycles. The van der Waals surface area contributed by atoms with Crippen LogP contribution < -0.4 is 0 Å². The van der Waals surface area contributed by atoms with Crippen LogP contribution >= 0.6 is 0 Å². The first-order valence-corrected chi connectivity index (χ1v) is 10.3. The van der Waals surface area contributed by atoms with Gasteiger partial charge in [-0.25, -0.2) is 8.42 Å². The molecule has 0 unspecified atom stereocenters. The maximum atomic E-state index is 13.1. The van der Waals surface area contributed by atoms with E-state index in [-0.39, 0.29) is 5.91 Å². The molecule has 132 valence electrons. The van der Waals surface area contributed by atoms with Crippen molar-refractivity contribution in [3.8, 4) is 0 Å². The third-order valence-electron chi connectivity index (χ3n) is 5.12. The van der Waals surface area contributed by atoms with E-state index in [4.69, 9.17) is 0 Å². The van der Waals surface area contributed by atoms with E-state index < -0.39 is 10.0 Å². The predicted molar refractivity (Wildman–Crippen MR) is 96.6 cm³/mol. The zero-order valence-corrected chi connectivity index (χ0v) is 14.9. The molecule has 1 saturated heterocycles. The molecule has 0 N–H and O–H groups in total. The zero-order chi connectivity index (χ0) is 17.4. The second-order valence-corrected chi connectivity index (χ2v) is 8.82. The van der Waals surface area contributed by atoms with Crippen molar-refractivity contribution in [2.45, 2.75) is 24.2 Å². The van der Waals surface area contributed by atoms with Gasteiger partial charge < -0.3 is 4.90 Å². The summed E-state index contributed by atoms with van der Waals surface area (Å²) >= 11 is 0. The molecular formula is C19H22N2O3S. The first-order chi connectivity index (χ1) is 12.1. The summed E-state index contributed by atoms with van der Waals surface area (Å²) in [5, 5.41) is 1.67. The first-order valence-electron chi connectivity index (χ1n) is 8.81. The van der Waals surface area contributed by atoms with Gasteiger partial charge in [0.25, 0.3) is 0 Å². The number of hydrogen-bond acceptors (Lipinski definition) is 3. The SMILES string of the molecule is O=C(CC1CC1)N1CCN(S(=O)(=O)c2cccc3ccccc23)CC1. The van der Waals surface area contributed by atoms with Crippen LogP contribution in [0.2, 0.25) is 0 Å². The van der Waals surface area contributed by atoms with E-state index in [1.165, 1.54) is 4.31 Å². The van der Waals surface area contributed by atoms with Crippen molar-refractivity contribution in [1.29, 1.82) is 0 Å². The van der Waals surface area contributed by atoms with Gasteiger partial charge in [0.05, 0.1) is 4.90 Å². The van der Waals surface area contributed by atoms with Gasteiger partial charge in [-0.1, -0.05) is 36.4 Å².